The molecular formula is C30H34O6. The molecule has 0 fully saturated rings. The Morgan fingerprint density at radius 2 is 1.25 bits per heavy atom. The molecule has 3 aromatic carbocycles. The van der Waals surface area contributed by atoms with Gasteiger partial charge in [-0.15, -0.1) is 0 Å². The highest BCUT2D eigenvalue weighted by Crippen LogP contribution is 2.24. The van der Waals surface area contributed by atoms with E-state index in [1.54, 1.807) is 43.3 Å². The summed E-state index contributed by atoms with van der Waals surface area (Å²) in [4.78, 5) is 24.6. The van der Waals surface area contributed by atoms with E-state index in [1.807, 2.05) is 43.3 Å². The molecule has 0 saturated carbocycles. The molecular weight excluding hydrogens is 456 g/mol. The molecule has 6 heteroatoms. The lowest BCUT2D eigenvalue weighted by atomic mass is 10.0. The predicted molar refractivity (Wildman–Crippen MR) is 140 cm³/mol. The van der Waals surface area contributed by atoms with Crippen LogP contribution in [-0.4, -0.2) is 31.3 Å². The lowest BCUT2D eigenvalue weighted by Gasteiger charge is -2.12. The van der Waals surface area contributed by atoms with Gasteiger partial charge < -0.3 is 18.9 Å². The first-order valence-electron chi connectivity index (χ1n) is 12.4. The van der Waals surface area contributed by atoms with Crippen LogP contribution in [0.25, 0.3) is 11.1 Å². The maximum absolute atomic E-state index is 12.6. The van der Waals surface area contributed by atoms with Crippen molar-refractivity contribution in [3.63, 3.8) is 0 Å². The van der Waals surface area contributed by atoms with Crippen molar-refractivity contribution in [2.24, 2.45) is 5.92 Å². The zero-order valence-electron chi connectivity index (χ0n) is 21.4. The molecule has 0 unspecified atom stereocenters. The van der Waals surface area contributed by atoms with Crippen LogP contribution in [-0.2, 0) is 9.53 Å². The first-order valence-corrected chi connectivity index (χ1v) is 12.4. The standard InChI is InChI=1S/C30H34O6/c1-5-19-33-22(4)29(31)35-27-15-17-28(18-16-27)36-30(32)25-9-7-23(8-10-25)24-11-13-26(14-12-24)34-20-21(3)6-2/h7-18,21-22H,5-6,19-20H2,1-4H3/t21-,22-/m0/s1. The van der Waals surface area contributed by atoms with Gasteiger partial charge in [0.05, 0.1) is 12.2 Å². The Hall–Kier alpha value is -3.64. The van der Waals surface area contributed by atoms with E-state index in [0.29, 0.717) is 36.2 Å². The first kappa shape index (κ1) is 27.0. The van der Waals surface area contributed by atoms with Crippen molar-refractivity contribution in [1.82, 2.24) is 0 Å². The molecule has 0 radical (unpaired) electrons. The normalized spacial score (nSPS) is 12.4. The van der Waals surface area contributed by atoms with E-state index in [-0.39, 0.29) is 0 Å². The van der Waals surface area contributed by atoms with E-state index < -0.39 is 18.0 Å². The minimum atomic E-state index is -0.647. The maximum atomic E-state index is 12.6. The van der Waals surface area contributed by atoms with Gasteiger partial charge >= 0.3 is 11.9 Å². The monoisotopic (exact) mass is 490 g/mol. The van der Waals surface area contributed by atoms with Crippen LogP contribution >= 0.6 is 0 Å². The average molecular weight is 491 g/mol. The molecule has 2 atom stereocenters. The van der Waals surface area contributed by atoms with Crippen molar-refractivity contribution in [2.75, 3.05) is 13.2 Å². The molecule has 0 aliphatic rings. The zero-order valence-corrected chi connectivity index (χ0v) is 21.4. The number of rotatable bonds is 12. The first-order chi connectivity index (χ1) is 17.4. The minimum absolute atomic E-state index is 0.354. The van der Waals surface area contributed by atoms with E-state index in [0.717, 1.165) is 29.7 Å². The number of ether oxygens (including phenoxy) is 4. The SMILES string of the molecule is CCCO[C@@H](C)C(=O)Oc1ccc(OC(=O)c2ccc(-c3ccc(OC[C@@H](C)CC)cc3)cc2)cc1. The van der Waals surface area contributed by atoms with Gasteiger partial charge in [0.25, 0.3) is 0 Å². The Labute approximate surface area is 213 Å². The molecule has 0 bridgehead atoms. The quantitative estimate of drug-likeness (QED) is 0.207. The van der Waals surface area contributed by atoms with Crippen molar-refractivity contribution < 1.29 is 28.5 Å². The van der Waals surface area contributed by atoms with Gasteiger partial charge in [-0.3, -0.25) is 0 Å². The summed E-state index contributed by atoms with van der Waals surface area (Å²) in [6.45, 7) is 9.13. The van der Waals surface area contributed by atoms with Crippen LogP contribution in [0.3, 0.4) is 0 Å². The predicted octanol–water partition coefficient (Wildman–Crippen LogP) is 6.72. The van der Waals surface area contributed by atoms with Gasteiger partial charge in [0.2, 0.25) is 0 Å². The van der Waals surface area contributed by atoms with Gasteiger partial charge in [-0.25, -0.2) is 9.59 Å². The summed E-state index contributed by atoms with van der Waals surface area (Å²) in [5, 5.41) is 0. The summed E-state index contributed by atoms with van der Waals surface area (Å²) in [6.07, 6.45) is 1.26. The molecule has 3 aromatic rings. The van der Waals surface area contributed by atoms with Crippen molar-refractivity contribution in [2.45, 2.75) is 46.6 Å². The Bertz CT molecular complexity index is 1100. The Kier molecular flexibility index (Phi) is 10.1. The molecule has 36 heavy (non-hydrogen) atoms. The average Bonchev–Trinajstić information content (AvgIpc) is 2.91. The lowest BCUT2D eigenvalue weighted by Crippen LogP contribution is -2.26. The second-order valence-electron chi connectivity index (χ2n) is 8.72. The van der Waals surface area contributed by atoms with E-state index >= 15 is 0 Å². The van der Waals surface area contributed by atoms with Gasteiger partial charge in [-0.05, 0) is 78.9 Å². The van der Waals surface area contributed by atoms with Gasteiger partial charge in [0.15, 0.2) is 6.10 Å². The van der Waals surface area contributed by atoms with Crippen LogP contribution in [0.5, 0.6) is 17.2 Å². The summed E-state index contributed by atoms with van der Waals surface area (Å²) >= 11 is 0. The maximum Gasteiger partial charge on any atom is 0.343 e. The number of carbonyl (C=O) groups is 2. The number of hydrogen-bond donors (Lipinski definition) is 0. The third kappa shape index (κ3) is 7.95. The second-order valence-corrected chi connectivity index (χ2v) is 8.72. The fourth-order valence-corrected chi connectivity index (χ4v) is 3.20. The highest BCUT2D eigenvalue weighted by Gasteiger charge is 2.16. The molecule has 0 amide bonds. The van der Waals surface area contributed by atoms with Gasteiger partial charge in [-0.2, -0.15) is 0 Å². The molecule has 0 aromatic heterocycles. The van der Waals surface area contributed by atoms with Crippen molar-refractivity contribution in [1.29, 1.82) is 0 Å². The van der Waals surface area contributed by atoms with Gasteiger partial charge in [-0.1, -0.05) is 51.5 Å². The van der Waals surface area contributed by atoms with Crippen LogP contribution in [0.15, 0.2) is 72.8 Å². The number of carbonyl (C=O) groups excluding carboxylic acids is 2. The highest BCUT2D eigenvalue weighted by molar-refractivity contribution is 5.91. The molecule has 0 aliphatic heterocycles. The summed E-state index contributed by atoms with van der Waals surface area (Å²) in [5.41, 5.74) is 2.46. The summed E-state index contributed by atoms with van der Waals surface area (Å²) in [7, 11) is 0. The molecule has 6 nitrogen and oxygen atoms in total. The third-order valence-corrected chi connectivity index (χ3v) is 5.70. The van der Waals surface area contributed by atoms with Crippen molar-refractivity contribution in [3.05, 3.63) is 78.4 Å². The number of esters is 2. The van der Waals surface area contributed by atoms with E-state index in [2.05, 4.69) is 13.8 Å². The fraction of sp³-hybridized carbons (Fsp3) is 0.333. The van der Waals surface area contributed by atoms with Crippen molar-refractivity contribution >= 4 is 11.9 Å². The molecule has 0 N–H and O–H groups in total. The Morgan fingerprint density at radius 1 is 0.722 bits per heavy atom. The molecule has 190 valence electrons. The number of benzene rings is 3. The van der Waals surface area contributed by atoms with Crippen LogP contribution in [0.1, 0.15) is 50.9 Å². The van der Waals surface area contributed by atoms with E-state index in [9.17, 15) is 9.59 Å². The Morgan fingerprint density at radius 3 is 1.81 bits per heavy atom. The van der Waals surface area contributed by atoms with Crippen LogP contribution in [0.2, 0.25) is 0 Å². The van der Waals surface area contributed by atoms with Crippen LogP contribution in [0, 0.1) is 5.92 Å². The van der Waals surface area contributed by atoms with E-state index in [4.69, 9.17) is 18.9 Å². The fourth-order valence-electron chi connectivity index (χ4n) is 3.20. The summed E-state index contributed by atoms with van der Waals surface area (Å²) < 4.78 is 21.9. The molecule has 3 rings (SSSR count). The Balaban J connectivity index is 1.54. The van der Waals surface area contributed by atoms with Crippen molar-refractivity contribution in [3.8, 4) is 28.4 Å². The van der Waals surface area contributed by atoms with Gasteiger partial charge in [0.1, 0.15) is 17.2 Å². The molecule has 0 saturated heterocycles. The molecule has 0 spiro atoms. The minimum Gasteiger partial charge on any atom is -0.493 e. The smallest absolute Gasteiger partial charge is 0.343 e. The number of hydrogen-bond acceptors (Lipinski definition) is 6. The third-order valence-electron chi connectivity index (χ3n) is 5.70. The highest BCUT2D eigenvalue weighted by atomic mass is 16.6. The summed E-state index contributed by atoms with van der Waals surface area (Å²) in [6, 6.07) is 21.5. The topological polar surface area (TPSA) is 71.1 Å². The molecule has 0 aliphatic carbocycles. The summed E-state index contributed by atoms with van der Waals surface area (Å²) in [5.74, 6) is 1.13. The van der Waals surface area contributed by atoms with Crippen LogP contribution in [0.4, 0.5) is 0 Å². The molecule has 0 heterocycles. The largest absolute Gasteiger partial charge is 0.493 e. The van der Waals surface area contributed by atoms with Gasteiger partial charge in [0, 0.05) is 6.61 Å². The van der Waals surface area contributed by atoms with E-state index in [1.165, 1.54) is 0 Å². The lowest BCUT2D eigenvalue weighted by molar-refractivity contribution is -0.146. The van der Waals surface area contributed by atoms with Crippen LogP contribution < -0.4 is 14.2 Å². The zero-order chi connectivity index (χ0) is 25.9. The second kappa shape index (κ2) is 13.4.